The summed E-state index contributed by atoms with van der Waals surface area (Å²) in [5.41, 5.74) is 1.62. The Balaban J connectivity index is 1.75. The zero-order chi connectivity index (χ0) is 37.8. The van der Waals surface area contributed by atoms with Crippen LogP contribution in [0.3, 0.4) is 0 Å². The molecule has 0 spiro atoms. The Kier molecular flexibility index (Phi) is 9.95. The van der Waals surface area contributed by atoms with Crippen molar-refractivity contribution < 1.29 is 85.0 Å². The molecule has 3 amide bonds. The lowest BCUT2D eigenvalue weighted by Crippen LogP contribution is -2.73. The van der Waals surface area contributed by atoms with Gasteiger partial charge in [-0.1, -0.05) is 42.5 Å². The second-order valence-corrected chi connectivity index (χ2v) is 10.4. The van der Waals surface area contributed by atoms with Crippen LogP contribution >= 0.6 is 0 Å². The fourth-order valence-corrected chi connectivity index (χ4v) is 4.38. The van der Waals surface area contributed by atoms with Crippen molar-refractivity contribution in [3.8, 4) is 11.1 Å². The fraction of sp³-hybridized carbons (Fsp3) is 0.444. The van der Waals surface area contributed by atoms with Gasteiger partial charge in [0.15, 0.2) is 6.10 Å². The molecule has 2 aromatic carbocycles. The highest BCUT2D eigenvalue weighted by atomic mass is 19.4. The van der Waals surface area contributed by atoms with E-state index in [0.717, 1.165) is 11.8 Å². The first-order valence-corrected chi connectivity index (χ1v) is 13.1. The summed E-state index contributed by atoms with van der Waals surface area (Å²) in [5, 5.41) is 2.86. The van der Waals surface area contributed by atoms with E-state index < -0.39 is 78.3 Å². The second kappa shape index (κ2) is 12.5. The van der Waals surface area contributed by atoms with E-state index in [-0.39, 0.29) is 5.56 Å². The Hall–Kier alpha value is -4.40. The minimum absolute atomic E-state index is 0.215. The van der Waals surface area contributed by atoms with Gasteiger partial charge >= 0.3 is 47.8 Å². The third kappa shape index (κ3) is 6.28. The summed E-state index contributed by atoms with van der Waals surface area (Å²) in [6.07, 6.45) is -12.2. The average Bonchev–Trinajstić information content (AvgIpc) is 3.08. The number of anilines is 1. The topological polar surface area (TPSA) is 87.7 Å². The lowest BCUT2D eigenvalue weighted by Gasteiger charge is -2.41. The predicted molar refractivity (Wildman–Crippen MR) is 136 cm³/mol. The number of amides is 3. The zero-order valence-corrected chi connectivity index (χ0v) is 24.2. The molecule has 0 saturated heterocycles. The van der Waals surface area contributed by atoms with Crippen molar-refractivity contribution in [1.29, 1.82) is 0 Å². The molecule has 0 unspecified atom stereocenters. The number of hydrogen-bond acceptors (Lipinski definition) is 4. The molecule has 272 valence electrons. The number of nitrogens with zero attached hydrogens (tertiary/aromatic N) is 1. The Morgan fingerprint density at radius 1 is 0.735 bits per heavy atom. The van der Waals surface area contributed by atoms with Gasteiger partial charge in [-0.05, 0) is 24.1 Å². The first kappa shape index (κ1) is 39.0. The molecule has 1 aliphatic heterocycles. The van der Waals surface area contributed by atoms with E-state index in [1.54, 1.807) is 36.4 Å². The summed E-state index contributed by atoms with van der Waals surface area (Å²) in [4.78, 5) is 39.1. The normalized spacial score (nSPS) is 17.0. The molecule has 0 bridgehead atoms. The molecule has 49 heavy (non-hydrogen) atoms. The molecule has 1 aliphatic rings. The number of ether oxygens (including phenoxy) is 1. The summed E-state index contributed by atoms with van der Waals surface area (Å²) >= 11 is 0. The van der Waals surface area contributed by atoms with Gasteiger partial charge in [0.25, 0.3) is 11.8 Å². The van der Waals surface area contributed by atoms with Gasteiger partial charge in [0.2, 0.25) is 0 Å². The Morgan fingerprint density at radius 2 is 1.20 bits per heavy atom. The van der Waals surface area contributed by atoms with E-state index in [2.05, 4.69) is 10.1 Å². The van der Waals surface area contributed by atoms with Crippen molar-refractivity contribution in [3.05, 3.63) is 54.1 Å². The number of hydrogen-bond donors (Lipinski definition) is 2. The number of carbonyl (C=O) groups is 3. The molecule has 0 fully saturated rings. The van der Waals surface area contributed by atoms with Crippen LogP contribution in [-0.4, -0.2) is 79.3 Å². The smallest absolute Gasteiger partial charge is 0.436 e. The maximum atomic E-state index is 14.1. The summed E-state index contributed by atoms with van der Waals surface area (Å²) in [6, 6.07) is 11.1. The monoisotopic (exact) mass is 735 g/mol. The molecule has 0 saturated carbocycles. The number of alkyl carbamates (subject to hydrolysis) is 1. The number of para-hydroxylation sites is 1. The van der Waals surface area contributed by atoms with Crippen molar-refractivity contribution in [3.63, 3.8) is 0 Å². The van der Waals surface area contributed by atoms with Crippen molar-refractivity contribution in [2.45, 2.75) is 60.8 Å². The number of nitrogens with one attached hydrogen (secondary N) is 2. The van der Waals surface area contributed by atoms with Crippen molar-refractivity contribution in [1.82, 2.24) is 10.6 Å². The van der Waals surface area contributed by atoms with Gasteiger partial charge in [-0.2, -0.15) is 65.9 Å². The van der Waals surface area contributed by atoms with Crippen LogP contribution < -0.4 is 15.5 Å². The van der Waals surface area contributed by atoms with Gasteiger partial charge in [0, 0.05) is 12.6 Å². The predicted octanol–water partition coefficient (Wildman–Crippen LogP) is 6.98. The molecular weight excluding hydrogens is 715 g/mol. The van der Waals surface area contributed by atoms with E-state index >= 15 is 0 Å². The molecule has 0 radical (unpaired) electrons. The number of likely N-dealkylation sites (N-methyl/N-ethyl adjacent to an activating group) is 1. The highest BCUT2D eigenvalue weighted by Crippen LogP contribution is 2.62. The Labute approximate surface area is 264 Å². The van der Waals surface area contributed by atoms with Crippen LogP contribution in [0, 0.1) is 0 Å². The first-order valence-electron chi connectivity index (χ1n) is 13.1. The van der Waals surface area contributed by atoms with Gasteiger partial charge in [0.1, 0.15) is 6.04 Å². The van der Waals surface area contributed by atoms with E-state index in [4.69, 9.17) is 0 Å². The zero-order valence-electron chi connectivity index (χ0n) is 24.2. The molecule has 1 heterocycles. The largest absolute Gasteiger partial charge is 0.460 e. The number of halogens is 15. The minimum atomic E-state index is -8.48. The molecular formula is C27H20F15N3O4. The number of rotatable bonds is 10. The van der Waals surface area contributed by atoms with Crippen LogP contribution in [0.25, 0.3) is 11.1 Å². The van der Waals surface area contributed by atoms with Gasteiger partial charge in [-0.15, -0.1) is 0 Å². The molecule has 22 heteroatoms. The third-order valence-electron chi connectivity index (χ3n) is 7.19. The Morgan fingerprint density at radius 3 is 1.76 bits per heavy atom. The average molecular weight is 735 g/mol. The molecule has 7 nitrogen and oxygen atoms in total. The number of carbonyl (C=O) groups excluding carboxylic acids is 3. The van der Waals surface area contributed by atoms with E-state index in [1.807, 2.05) is 0 Å². The summed E-state index contributed by atoms with van der Waals surface area (Å²) in [6.45, 7) is -2.47. The first-order chi connectivity index (χ1) is 22.1. The molecule has 2 N–H and O–H groups in total. The third-order valence-corrected chi connectivity index (χ3v) is 7.19. The van der Waals surface area contributed by atoms with Gasteiger partial charge < -0.3 is 20.3 Å². The van der Waals surface area contributed by atoms with E-state index in [0.29, 0.717) is 22.1 Å². The lowest BCUT2D eigenvalue weighted by atomic mass is 9.91. The van der Waals surface area contributed by atoms with Crippen LogP contribution in [0.4, 0.5) is 76.3 Å². The molecule has 0 aliphatic carbocycles. The van der Waals surface area contributed by atoms with E-state index in [1.165, 1.54) is 19.2 Å². The number of alkyl halides is 15. The second-order valence-electron chi connectivity index (χ2n) is 10.4. The van der Waals surface area contributed by atoms with Crippen LogP contribution in [0.15, 0.2) is 48.5 Å². The highest BCUT2D eigenvalue weighted by Gasteiger charge is 2.93. The molecule has 0 aromatic heterocycles. The molecule has 2 aromatic rings. The lowest BCUT2D eigenvalue weighted by molar-refractivity contribution is -0.451. The number of fused-ring (bicyclic) bond motifs is 3. The fourth-order valence-electron chi connectivity index (χ4n) is 4.38. The summed E-state index contributed by atoms with van der Waals surface area (Å²) in [7, 11) is 1.35. The maximum Gasteiger partial charge on any atom is 0.460 e. The van der Waals surface area contributed by atoms with Crippen LogP contribution in [0.1, 0.15) is 18.5 Å². The summed E-state index contributed by atoms with van der Waals surface area (Å²) in [5.74, 6) is -50.1. The maximum absolute atomic E-state index is 14.1. The van der Waals surface area contributed by atoms with Crippen LogP contribution in [0.2, 0.25) is 0 Å². The standard InChI is InChI=1S/C27H20F15N3O4/c1-12(18(46)44-17-15-9-4-3-7-13(15)14-8-5-6-10-16(14)45(2)19(17)47)49-20(48)43-11-21(28,29)22(30,31)23(32,33)24(34,35)25(36,37)26(38,39)27(40,41)42/h3-10,12,17H,11H2,1-2H3,(H,43,48)(H,44,46)/t12-,17-/m0/s1. The number of benzene rings is 2. The van der Waals surface area contributed by atoms with Crippen LogP contribution in [0.5, 0.6) is 0 Å². The highest BCUT2D eigenvalue weighted by molar-refractivity contribution is 6.06. The SMILES string of the molecule is C[C@H](OC(=O)NCC(F)(F)C(F)(F)C(F)(F)C(F)(F)C(F)(F)C(F)(F)C(F)(F)F)C(=O)N[C@@H]1C(=O)N(C)c2ccccc2-c2ccccc21. The van der Waals surface area contributed by atoms with Gasteiger partial charge in [0.05, 0.1) is 12.2 Å². The van der Waals surface area contributed by atoms with Crippen LogP contribution in [-0.2, 0) is 14.3 Å². The van der Waals surface area contributed by atoms with Gasteiger partial charge in [-0.25, -0.2) is 4.79 Å². The van der Waals surface area contributed by atoms with Gasteiger partial charge in [-0.3, -0.25) is 9.59 Å². The quantitative estimate of drug-likeness (QED) is 0.258. The van der Waals surface area contributed by atoms with Crippen molar-refractivity contribution >= 4 is 23.6 Å². The Bertz CT molecular complexity index is 1600. The van der Waals surface area contributed by atoms with Crippen molar-refractivity contribution in [2.24, 2.45) is 0 Å². The summed E-state index contributed by atoms with van der Waals surface area (Å²) < 4.78 is 205. The molecule has 2 atom stereocenters. The minimum Gasteiger partial charge on any atom is -0.436 e. The van der Waals surface area contributed by atoms with Crippen molar-refractivity contribution in [2.75, 3.05) is 18.5 Å². The molecule has 3 rings (SSSR count). The van der Waals surface area contributed by atoms with E-state index in [9.17, 15) is 80.2 Å².